The summed E-state index contributed by atoms with van der Waals surface area (Å²) in [5, 5.41) is 9.16. The quantitative estimate of drug-likeness (QED) is 0.723. The normalized spacial score (nSPS) is 11.9. The number of rotatable bonds is 8. The van der Waals surface area contributed by atoms with E-state index < -0.39 is 5.97 Å². The van der Waals surface area contributed by atoms with Gasteiger partial charge in [0.15, 0.2) is 0 Å². The fourth-order valence-electron chi connectivity index (χ4n) is 2.46. The van der Waals surface area contributed by atoms with Crippen molar-refractivity contribution in [3.05, 3.63) is 65.5 Å². The molecule has 3 nitrogen and oxygen atoms in total. The van der Waals surface area contributed by atoms with Gasteiger partial charge in [0.05, 0.1) is 13.0 Å². The molecule has 0 aromatic heterocycles. The maximum Gasteiger partial charge on any atom is 0.304 e. The van der Waals surface area contributed by atoms with E-state index in [1.165, 1.54) is 12.1 Å². The van der Waals surface area contributed by atoms with Crippen molar-refractivity contribution >= 4 is 5.97 Å². The van der Waals surface area contributed by atoms with E-state index in [-0.39, 0.29) is 18.2 Å². The molecule has 1 atom stereocenters. The van der Waals surface area contributed by atoms with Crippen molar-refractivity contribution in [1.29, 1.82) is 0 Å². The summed E-state index contributed by atoms with van der Waals surface area (Å²) in [5.74, 6) is -0.900. The van der Waals surface area contributed by atoms with Crippen LogP contribution in [0.25, 0.3) is 0 Å². The maximum absolute atomic E-state index is 13.5. The number of hydrogen-bond acceptors (Lipinski definition) is 2. The Labute approximate surface area is 135 Å². The molecule has 1 N–H and O–H groups in total. The third kappa shape index (κ3) is 5.09. The lowest BCUT2D eigenvalue weighted by atomic mass is 9.88. The molecule has 2 aromatic carbocycles. The Hall–Kier alpha value is -2.36. The van der Waals surface area contributed by atoms with Crippen LogP contribution in [-0.4, -0.2) is 17.7 Å². The van der Waals surface area contributed by atoms with Crippen LogP contribution in [-0.2, 0) is 4.79 Å². The van der Waals surface area contributed by atoms with Gasteiger partial charge in [0, 0.05) is 5.92 Å². The van der Waals surface area contributed by atoms with E-state index >= 15 is 0 Å². The monoisotopic (exact) mass is 316 g/mol. The molecule has 0 heterocycles. The highest BCUT2D eigenvalue weighted by molar-refractivity contribution is 5.69. The number of carboxylic acid groups (broad SMARTS) is 1. The Kier molecular flexibility index (Phi) is 6.15. The zero-order chi connectivity index (χ0) is 16.7. The average Bonchev–Trinajstić information content (AvgIpc) is 2.53. The largest absolute Gasteiger partial charge is 0.494 e. The highest BCUT2D eigenvalue weighted by Gasteiger charge is 2.18. The zero-order valence-electron chi connectivity index (χ0n) is 13.2. The van der Waals surface area contributed by atoms with Crippen molar-refractivity contribution in [3.8, 4) is 5.75 Å². The lowest BCUT2D eigenvalue weighted by molar-refractivity contribution is -0.137. The second-order valence-corrected chi connectivity index (χ2v) is 5.48. The third-order valence-electron chi connectivity index (χ3n) is 3.68. The second-order valence-electron chi connectivity index (χ2n) is 5.48. The number of aliphatic carboxylic acids is 1. The molecule has 0 aliphatic carbocycles. The van der Waals surface area contributed by atoms with Gasteiger partial charge in [0.2, 0.25) is 0 Å². The first-order chi connectivity index (χ1) is 11.1. The number of unbranched alkanes of at least 4 members (excludes halogenated alkanes) is 1. The first-order valence-corrected chi connectivity index (χ1v) is 7.80. The molecule has 0 aliphatic heterocycles. The minimum atomic E-state index is -0.914. The molecule has 122 valence electrons. The van der Waals surface area contributed by atoms with E-state index in [1.54, 1.807) is 12.1 Å². The first-order valence-electron chi connectivity index (χ1n) is 7.80. The predicted octanol–water partition coefficient (Wildman–Crippen LogP) is 4.61. The number of benzene rings is 2. The van der Waals surface area contributed by atoms with Crippen LogP contribution in [0.2, 0.25) is 0 Å². The van der Waals surface area contributed by atoms with Crippen molar-refractivity contribution in [1.82, 2.24) is 0 Å². The summed E-state index contributed by atoms with van der Waals surface area (Å²) in [7, 11) is 0. The fraction of sp³-hybridized carbons (Fsp3) is 0.316. The van der Waals surface area contributed by atoms with Crippen molar-refractivity contribution in [2.75, 3.05) is 6.61 Å². The second kappa shape index (κ2) is 8.32. The molecule has 0 radical (unpaired) electrons. The molecular weight excluding hydrogens is 295 g/mol. The highest BCUT2D eigenvalue weighted by atomic mass is 19.1. The number of hydrogen-bond donors (Lipinski definition) is 1. The first kappa shape index (κ1) is 17.0. The van der Waals surface area contributed by atoms with E-state index in [0.717, 1.165) is 24.2 Å². The smallest absolute Gasteiger partial charge is 0.304 e. The van der Waals surface area contributed by atoms with Crippen LogP contribution in [0, 0.1) is 5.82 Å². The van der Waals surface area contributed by atoms with Crippen molar-refractivity contribution < 1.29 is 19.0 Å². The third-order valence-corrected chi connectivity index (χ3v) is 3.68. The molecule has 1 unspecified atom stereocenters. The van der Waals surface area contributed by atoms with Gasteiger partial charge in [0.25, 0.3) is 0 Å². The highest BCUT2D eigenvalue weighted by Crippen LogP contribution is 2.29. The Morgan fingerprint density at radius 2 is 1.91 bits per heavy atom. The number of ether oxygens (including phenoxy) is 1. The molecule has 0 bridgehead atoms. The van der Waals surface area contributed by atoms with Gasteiger partial charge in [-0.05, 0) is 41.8 Å². The van der Waals surface area contributed by atoms with Crippen molar-refractivity contribution in [3.63, 3.8) is 0 Å². The summed E-state index contributed by atoms with van der Waals surface area (Å²) < 4.78 is 19.1. The van der Waals surface area contributed by atoms with E-state index in [0.29, 0.717) is 12.2 Å². The maximum atomic E-state index is 13.5. The molecule has 0 amide bonds. The molecule has 23 heavy (non-hydrogen) atoms. The van der Waals surface area contributed by atoms with Crippen LogP contribution < -0.4 is 4.74 Å². The van der Waals surface area contributed by atoms with E-state index in [1.807, 2.05) is 24.3 Å². The standard InChI is InChI=1S/C19H21FO3/c1-2-3-11-23-17-9-7-14(8-10-17)18(13-19(21)22)15-5-4-6-16(20)12-15/h4-10,12,18H,2-3,11,13H2,1H3,(H,21,22). The molecule has 2 rings (SSSR count). The fourth-order valence-corrected chi connectivity index (χ4v) is 2.46. The van der Waals surface area contributed by atoms with Gasteiger partial charge in [-0.3, -0.25) is 4.79 Å². The molecule has 2 aromatic rings. The van der Waals surface area contributed by atoms with Gasteiger partial charge in [-0.2, -0.15) is 0 Å². The van der Waals surface area contributed by atoms with Crippen LogP contribution in [0.1, 0.15) is 43.2 Å². The van der Waals surface area contributed by atoms with Crippen LogP contribution >= 0.6 is 0 Å². The number of carboxylic acids is 1. The molecule has 4 heteroatoms. The number of carbonyl (C=O) groups is 1. The lowest BCUT2D eigenvalue weighted by Crippen LogP contribution is -2.08. The summed E-state index contributed by atoms with van der Waals surface area (Å²) in [6.45, 7) is 2.76. The predicted molar refractivity (Wildman–Crippen MR) is 87.3 cm³/mol. The topological polar surface area (TPSA) is 46.5 Å². The summed E-state index contributed by atoms with van der Waals surface area (Å²) >= 11 is 0. The van der Waals surface area contributed by atoms with E-state index in [2.05, 4.69) is 6.92 Å². The summed E-state index contributed by atoms with van der Waals surface area (Å²) in [4.78, 5) is 11.2. The van der Waals surface area contributed by atoms with Crippen LogP contribution in [0.3, 0.4) is 0 Å². The van der Waals surface area contributed by atoms with E-state index in [4.69, 9.17) is 9.84 Å². The molecule has 0 saturated carbocycles. The summed E-state index contributed by atoms with van der Waals surface area (Å²) in [5.41, 5.74) is 1.49. The van der Waals surface area contributed by atoms with Gasteiger partial charge in [0.1, 0.15) is 11.6 Å². The van der Waals surface area contributed by atoms with Gasteiger partial charge >= 0.3 is 5.97 Å². The lowest BCUT2D eigenvalue weighted by Gasteiger charge is -2.17. The van der Waals surface area contributed by atoms with Crippen LogP contribution in [0.5, 0.6) is 5.75 Å². The van der Waals surface area contributed by atoms with Crippen molar-refractivity contribution in [2.24, 2.45) is 0 Å². The van der Waals surface area contributed by atoms with Gasteiger partial charge < -0.3 is 9.84 Å². The van der Waals surface area contributed by atoms with Crippen molar-refractivity contribution in [2.45, 2.75) is 32.1 Å². The van der Waals surface area contributed by atoms with Gasteiger partial charge in [-0.1, -0.05) is 37.6 Å². The SMILES string of the molecule is CCCCOc1ccc(C(CC(=O)O)c2cccc(F)c2)cc1. The Morgan fingerprint density at radius 3 is 2.52 bits per heavy atom. The van der Waals surface area contributed by atoms with Gasteiger partial charge in [-0.25, -0.2) is 4.39 Å². The molecule has 0 fully saturated rings. The molecule has 0 aliphatic rings. The van der Waals surface area contributed by atoms with Crippen LogP contribution in [0.4, 0.5) is 4.39 Å². The summed E-state index contributed by atoms with van der Waals surface area (Å²) in [6.07, 6.45) is 1.98. The Bertz CT molecular complexity index is 637. The van der Waals surface area contributed by atoms with Gasteiger partial charge in [-0.15, -0.1) is 0 Å². The van der Waals surface area contributed by atoms with Crippen LogP contribution in [0.15, 0.2) is 48.5 Å². The Balaban J connectivity index is 2.20. The summed E-state index contributed by atoms with van der Waals surface area (Å²) in [6, 6.07) is 13.5. The minimum absolute atomic E-state index is 0.0838. The molecule has 0 saturated heterocycles. The number of halogens is 1. The molecule has 0 spiro atoms. The average molecular weight is 316 g/mol. The Morgan fingerprint density at radius 1 is 1.17 bits per heavy atom. The minimum Gasteiger partial charge on any atom is -0.494 e. The molecular formula is C19H21FO3. The zero-order valence-corrected chi connectivity index (χ0v) is 13.2. The van der Waals surface area contributed by atoms with E-state index in [9.17, 15) is 9.18 Å².